The van der Waals surface area contributed by atoms with Crippen LogP contribution in [0.25, 0.3) is 0 Å². The Hall–Kier alpha value is -3.35. The fraction of sp³-hybridized carbons (Fsp3) is 0.375. The maximum Gasteiger partial charge on any atom is 0.325 e. The van der Waals surface area contributed by atoms with Gasteiger partial charge in [0.25, 0.3) is 5.91 Å². The van der Waals surface area contributed by atoms with Gasteiger partial charge in [-0.05, 0) is 55.5 Å². The number of nitrogens with one attached hydrogen (secondary N) is 1. The molecule has 1 saturated heterocycles. The number of nitrogens with zero attached hydrogens (tertiary/aromatic N) is 2. The van der Waals surface area contributed by atoms with Crippen LogP contribution in [-0.2, 0) is 22.6 Å². The van der Waals surface area contributed by atoms with Crippen molar-refractivity contribution >= 4 is 17.8 Å². The van der Waals surface area contributed by atoms with Gasteiger partial charge in [-0.25, -0.2) is 4.79 Å². The van der Waals surface area contributed by atoms with Crippen LogP contribution in [0.1, 0.15) is 30.0 Å². The van der Waals surface area contributed by atoms with Crippen molar-refractivity contribution in [2.75, 3.05) is 20.7 Å². The Morgan fingerprint density at radius 1 is 1.13 bits per heavy atom. The van der Waals surface area contributed by atoms with Crippen molar-refractivity contribution in [3.05, 3.63) is 65.2 Å². The van der Waals surface area contributed by atoms with Crippen LogP contribution in [0.2, 0.25) is 0 Å². The minimum atomic E-state index is -1.04. The molecule has 0 spiro atoms. The van der Waals surface area contributed by atoms with Gasteiger partial charge in [0.1, 0.15) is 17.8 Å². The number of hydrogen-bond acceptors (Lipinski definition) is 4. The second-order valence-corrected chi connectivity index (χ2v) is 8.18. The van der Waals surface area contributed by atoms with Gasteiger partial charge in [-0.2, -0.15) is 0 Å². The second kappa shape index (κ2) is 9.20. The highest BCUT2D eigenvalue weighted by atomic mass is 16.5. The van der Waals surface area contributed by atoms with Gasteiger partial charge in [0.15, 0.2) is 0 Å². The van der Waals surface area contributed by atoms with Crippen LogP contribution in [0.5, 0.6) is 5.75 Å². The summed E-state index contributed by atoms with van der Waals surface area (Å²) in [6.45, 7) is 3.84. The Morgan fingerprint density at radius 3 is 2.45 bits per heavy atom. The number of imide groups is 1. The Kier molecular flexibility index (Phi) is 6.63. The van der Waals surface area contributed by atoms with E-state index in [0.717, 1.165) is 27.3 Å². The minimum Gasteiger partial charge on any atom is -0.497 e. The molecule has 164 valence electrons. The van der Waals surface area contributed by atoms with Gasteiger partial charge >= 0.3 is 6.03 Å². The lowest BCUT2D eigenvalue weighted by Crippen LogP contribution is -2.45. The van der Waals surface area contributed by atoms with E-state index in [1.54, 1.807) is 21.1 Å². The maximum absolute atomic E-state index is 13.0. The van der Waals surface area contributed by atoms with Crippen LogP contribution in [0.4, 0.5) is 4.79 Å². The van der Waals surface area contributed by atoms with Crippen molar-refractivity contribution in [2.24, 2.45) is 0 Å². The molecule has 7 heteroatoms. The monoisotopic (exact) mass is 423 g/mol. The third-order valence-corrected chi connectivity index (χ3v) is 5.81. The number of rotatable bonds is 8. The summed E-state index contributed by atoms with van der Waals surface area (Å²) in [7, 11) is 3.28. The molecule has 0 unspecified atom stereocenters. The molecule has 1 aliphatic heterocycles. The summed E-state index contributed by atoms with van der Waals surface area (Å²) in [5.74, 6) is 0.106. The van der Waals surface area contributed by atoms with Gasteiger partial charge in [0.05, 0.1) is 7.11 Å². The van der Waals surface area contributed by atoms with Crippen molar-refractivity contribution in [1.29, 1.82) is 0 Å². The zero-order valence-electron chi connectivity index (χ0n) is 18.5. The molecule has 1 aliphatic rings. The number of likely N-dealkylation sites (N-methyl/N-ethyl adjacent to an activating group) is 1. The number of amides is 4. The van der Waals surface area contributed by atoms with Gasteiger partial charge in [-0.15, -0.1) is 0 Å². The largest absolute Gasteiger partial charge is 0.497 e. The number of aryl methyl sites for hydroxylation is 2. The van der Waals surface area contributed by atoms with E-state index in [0.29, 0.717) is 19.4 Å². The van der Waals surface area contributed by atoms with Crippen molar-refractivity contribution in [1.82, 2.24) is 15.1 Å². The van der Waals surface area contributed by atoms with E-state index in [1.807, 2.05) is 55.5 Å². The standard InChI is InChI=1S/C24H29N3O4/c1-17-7-5-6-8-19(17)15-26(3)21(28)16-27-22(29)24(2,25-23(27)30)14-13-18-9-11-20(31-4)12-10-18/h5-12H,13-16H2,1-4H3,(H,25,30)/t24-/m1/s1. The highest BCUT2D eigenvalue weighted by Crippen LogP contribution is 2.24. The Morgan fingerprint density at radius 2 is 1.81 bits per heavy atom. The summed E-state index contributed by atoms with van der Waals surface area (Å²) in [4.78, 5) is 40.7. The molecule has 1 N–H and O–H groups in total. The van der Waals surface area contributed by atoms with E-state index in [-0.39, 0.29) is 18.4 Å². The summed E-state index contributed by atoms with van der Waals surface area (Å²) < 4.78 is 5.16. The summed E-state index contributed by atoms with van der Waals surface area (Å²) in [6, 6.07) is 14.9. The van der Waals surface area contributed by atoms with Crippen LogP contribution in [0.3, 0.4) is 0 Å². The molecule has 7 nitrogen and oxygen atoms in total. The number of hydrogen-bond donors (Lipinski definition) is 1. The van der Waals surface area contributed by atoms with Crippen LogP contribution >= 0.6 is 0 Å². The smallest absolute Gasteiger partial charge is 0.325 e. The lowest BCUT2D eigenvalue weighted by atomic mass is 9.93. The second-order valence-electron chi connectivity index (χ2n) is 8.18. The number of ether oxygens (including phenoxy) is 1. The van der Waals surface area contributed by atoms with E-state index >= 15 is 0 Å². The Labute approximate surface area is 183 Å². The lowest BCUT2D eigenvalue weighted by Gasteiger charge is -2.23. The molecule has 0 radical (unpaired) electrons. The number of methoxy groups -OCH3 is 1. The van der Waals surface area contributed by atoms with E-state index in [4.69, 9.17) is 4.74 Å². The molecule has 0 bridgehead atoms. The zero-order valence-corrected chi connectivity index (χ0v) is 18.5. The fourth-order valence-electron chi connectivity index (χ4n) is 3.63. The molecule has 3 rings (SSSR count). The molecule has 0 aliphatic carbocycles. The normalized spacial score (nSPS) is 18.1. The maximum atomic E-state index is 13.0. The van der Waals surface area contributed by atoms with Gasteiger partial charge in [-0.1, -0.05) is 36.4 Å². The van der Waals surface area contributed by atoms with Gasteiger partial charge in [0.2, 0.25) is 5.91 Å². The quantitative estimate of drug-likeness (QED) is 0.662. The van der Waals surface area contributed by atoms with Crippen molar-refractivity contribution in [2.45, 2.75) is 38.8 Å². The zero-order chi connectivity index (χ0) is 22.6. The lowest BCUT2D eigenvalue weighted by molar-refractivity contribution is -0.138. The third-order valence-electron chi connectivity index (χ3n) is 5.81. The number of urea groups is 1. The average Bonchev–Trinajstić information content (AvgIpc) is 2.97. The van der Waals surface area contributed by atoms with Crippen LogP contribution in [0, 0.1) is 6.92 Å². The summed E-state index contributed by atoms with van der Waals surface area (Å²) in [6.07, 6.45) is 1.05. The Bertz CT molecular complexity index is 973. The molecule has 2 aromatic carbocycles. The number of benzene rings is 2. The first kappa shape index (κ1) is 22.3. The molecule has 4 amide bonds. The van der Waals surface area contributed by atoms with Crippen molar-refractivity contribution < 1.29 is 19.1 Å². The molecule has 1 atom stereocenters. The van der Waals surface area contributed by atoms with Gasteiger partial charge in [0, 0.05) is 13.6 Å². The third kappa shape index (κ3) is 5.05. The van der Waals surface area contributed by atoms with E-state index < -0.39 is 11.6 Å². The average molecular weight is 424 g/mol. The molecule has 1 heterocycles. The predicted octanol–water partition coefficient (Wildman–Crippen LogP) is 2.91. The molecule has 0 aromatic heterocycles. The first-order chi connectivity index (χ1) is 14.7. The van der Waals surface area contributed by atoms with Crippen LogP contribution < -0.4 is 10.1 Å². The van der Waals surface area contributed by atoms with E-state index in [2.05, 4.69) is 5.32 Å². The van der Waals surface area contributed by atoms with Gasteiger partial charge in [-0.3, -0.25) is 14.5 Å². The molecule has 0 saturated carbocycles. The molecule has 1 fully saturated rings. The molecule has 31 heavy (non-hydrogen) atoms. The predicted molar refractivity (Wildman–Crippen MR) is 118 cm³/mol. The molecular formula is C24H29N3O4. The summed E-state index contributed by atoms with van der Waals surface area (Å²) in [5, 5.41) is 2.77. The first-order valence-electron chi connectivity index (χ1n) is 10.3. The SMILES string of the molecule is COc1ccc(CC[C@@]2(C)NC(=O)N(CC(=O)N(C)Cc3ccccc3C)C2=O)cc1. The fourth-order valence-corrected chi connectivity index (χ4v) is 3.63. The highest BCUT2D eigenvalue weighted by Gasteiger charge is 2.48. The summed E-state index contributed by atoms with van der Waals surface area (Å²) >= 11 is 0. The first-order valence-corrected chi connectivity index (χ1v) is 10.3. The van der Waals surface area contributed by atoms with E-state index in [1.165, 1.54) is 4.90 Å². The van der Waals surface area contributed by atoms with Crippen molar-refractivity contribution in [3.63, 3.8) is 0 Å². The number of carbonyl (C=O) groups excluding carboxylic acids is 3. The molecular weight excluding hydrogens is 394 g/mol. The minimum absolute atomic E-state index is 0.273. The highest BCUT2D eigenvalue weighted by molar-refractivity contribution is 6.08. The molecule has 2 aromatic rings. The van der Waals surface area contributed by atoms with Crippen LogP contribution in [-0.4, -0.2) is 53.9 Å². The van der Waals surface area contributed by atoms with E-state index in [9.17, 15) is 14.4 Å². The van der Waals surface area contributed by atoms with Gasteiger partial charge < -0.3 is 15.0 Å². The number of carbonyl (C=O) groups is 3. The Balaban J connectivity index is 1.60. The topological polar surface area (TPSA) is 79.0 Å². The van der Waals surface area contributed by atoms with Crippen molar-refractivity contribution in [3.8, 4) is 5.75 Å². The van der Waals surface area contributed by atoms with Crippen LogP contribution in [0.15, 0.2) is 48.5 Å². The summed E-state index contributed by atoms with van der Waals surface area (Å²) in [5.41, 5.74) is 2.12.